The van der Waals surface area contributed by atoms with Crippen LogP contribution >= 0.6 is 15.0 Å². The van der Waals surface area contributed by atoms with Gasteiger partial charge in [-0.3, -0.25) is 4.57 Å². The summed E-state index contributed by atoms with van der Waals surface area (Å²) in [4.78, 5) is 30.2. The second-order valence-electron chi connectivity index (χ2n) is 5.45. The smallest absolute Gasteiger partial charge is 0.263 e. The molecule has 2 aromatic rings. The van der Waals surface area contributed by atoms with Gasteiger partial charge in [0.2, 0.25) is 7.37 Å². The molecule has 3 unspecified atom stereocenters. The van der Waals surface area contributed by atoms with Crippen molar-refractivity contribution in [2.45, 2.75) is 11.6 Å². The van der Waals surface area contributed by atoms with Gasteiger partial charge in [-0.1, -0.05) is 12.1 Å². The van der Waals surface area contributed by atoms with Crippen LogP contribution in [0.15, 0.2) is 48.8 Å². The van der Waals surface area contributed by atoms with Gasteiger partial charge in [0.15, 0.2) is 26.5 Å². The fourth-order valence-corrected chi connectivity index (χ4v) is 4.78. The lowest BCUT2D eigenvalue weighted by Gasteiger charge is -2.35. The molecule has 2 rings (SSSR count). The summed E-state index contributed by atoms with van der Waals surface area (Å²) >= 11 is 0. The monoisotopic (exact) mass is 375 g/mol. The summed E-state index contributed by atoms with van der Waals surface area (Å²) in [5.41, 5.74) is 1.18. The number of aromatic nitrogens is 1. The zero-order valence-corrected chi connectivity index (χ0v) is 14.4. The number of aliphatic hydroxyl groups is 1. The SMILES string of the molecule is CP(=O)(O)C(O)(C[n+]1cccc(-c2ccc(F)cc2)c1)P(=O)([O-])O. The molecule has 1 heterocycles. The maximum atomic E-state index is 13.0. The summed E-state index contributed by atoms with van der Waals surface area (Å²) < 4.78 is 37.4. The van der Waals surface area contributed by atoms with Gasteiger partial charge in [0, 0.05) is 18.3 Å². The Morgan fingerprint density at radius 1 is 1.17 bits per heavy atom. The molecule has 24 heavy (non-hydrogen) atoms. The fourth-order valence-electron chi connectivity index (χ4n) is 2.13. The first kappa shape index (κ1) is 18.9. The molecule has 0 spiro atoms. The Labute approximate surface area is 137 Å². The molecule has 3 N–H and O–H groups in total. The van der Waals surface area contributed by atoms with Gasteiger partial charge in [0.05, 0.1) is 0 Å². The van der Waals surface area contributed by atoms with Gasteiger partial charge in [-0.25, -0.2) is 8.96 Å². The summed E-state index contributed by atoms with van der Waals surface area (Å²) in [5, 5.41) is 6.91. The van der Waals surface area contributed by atoms with E-state index in [2.05, 4.69) is 0 Å². The number of benzene rings is 1. The fraction of sp³-hybridized carbons (Fsp3) is 0.214. The summed E-state index contributed by atoms with van der Waals surface area (Å²) in [6.45, 7) is -0.193. The average Bonchev–Trinajstić information content (AvgIpc) is 2.46. The van der Waals surface area contributed by atoms with E-state index in [1.54, 1.807) is 6.07 Å². The zero-order valence-electron chi connectivity index (χ0n) is 12.6. The Morgan fingerprint density at radius 3 is 2.25 bits per heavy atom. The number of pyridine rings is 1. The average molecular weight is 375 g/mol. The van der Waals surface area contributed by atoms with Crippen LogP contribution in [0.2, 0.25) is 0 Å². The van der Waals surface area contributed by atoms with Crippen molar-refractivity contribution in [3.05, 3.63) is 54.6 Å². The van der Waals surface area contributed by atoms with Crippen molar-refractivity contribution in [1.29, 1.82) is 0 Å². The minimum Gasteiger partial charge on any atom is -0.776 e. The van der Waals surface area contributed by atoms with Crippen LogP contribution in [0.1, 0.15) is 0 Å². The van der Waals surface area contributed by atoms with Gasteiger partial charge in [0.1, 0.15) is 5.82 Å². The van der Waals surface area contributed by atoms with Crippen LogP contribution in [0.3, 0.4) is 0 Å². The first-order chi connectivity index (χ1) is 10.9. The molecule has 130 valence electrons. The third kappa shape index (κ3) is 3.81. The molecule has 0 bridgehead atoms. The highest BCUT2D eigenvalue weighted by Gasteiger charge is 2.54. The first-order valence-electron chi connectivity index (χ1n) is 6.76. The van der Waals surface area contributed by atoms with Crippen molar-refractivity contribution >= 4 is 15.0 Å². The second-order valence-corrected chi connectivity index (χ2v) is 10.1. The molecule has 7 nitrogen and oxygen atoms in total. The molecule has 1 aromatic heterocycles. The Hall–Kier alpha value is -1.40. The molecule has 0 aliphatic carbocycles. The number of nitrogens with zero attached hydrogens (tertiary/aromatic N) is 1. The predicted molar refractivity (Wildman–Crippen MR) is 82.6 cm³/mol. The minimum atomic E-state index is -5.55. The molecular weight excluding hydrogens is 359 g/mol. The number of rotatable bonds is 5. The molecule has 1 aromatic carbocycles. The molecule has 0 aliphatic heterocycles. The van der Waals surface area contributed by atoms with E-state index in [-0.39, 0.29) is 0 Å². The van der Waals surface area contributed by atoms with Gasteiger partial charge in [-0.05, 0) is 23.8 Å². The Kier molecular flexibility index (Phi) is 5.11. The molecule has 10 heteroatoms. The highest BCUT2D eigenvalue weighted by Crippen LogP contribution is 2.65. The highest BCUT2D eigenvalue weighted by molar-refractivity contribution is 7.74. The van der Waals surface area contributed by atoms with E-state index in [0.717, 1.165) is 4.57 Å². The number of hydrogen-bond acceptors (Lipinski definition) is 4. The summed E-state index contributed by atoms with van der Waals surface area (Å²) in [7, 11) is -10.2. The maximum absolute atomic E-state index is 13.0. The van der Waals surface area contributed by atoms with E-state index in [4.69, 9.17) is 0 Å². The van der Waals surface area contributed by atoms with Gasteiger partial charge < -0.3 is 24.4 Å². The van der Waals surface area contributed by atoms with Crippen molar-refractivity contribution in [3.8, 4) is 11.1 Å². The van der Waals surface area contributed by atoms with Crippen molar-refractivity contribution < 1.29 is 37.9 Å². The Bertz CT molecular complexity index is 807. The van der Waals surface area contributed by atoms with Crippen LogP contribution in [0.25, 0.3) is 11.1 Å². The zero-order chi connectivity index (χ0) is 18.2. The molecule has 3 atom stereocenters. The normalized spacial score (nSPS) is 19.1. The molecule has 0 fully saturated rings. The van der Waals surface area contributed by atoms with Gasteiger partial charge in [0.25, 0.3) is 5.08 Å². The molecule has 0 amide bonds. The lowest BCUT2D eigenvalue weighted by Crippen LogP contribution is -2.49. The van der Waals surface area contributed by atoms with Crippen LogP contribution in [-0.2, 0) is 15.7 Å². The first-order valence-corrected chi connectivity index (χ1v) is 10.4. The Morgan fingerprint density at radius 2 is 1.75 bits per heavy atom. The van der Waals surface area contributed by atoms with E-state index in [1.807, 2.05) is 0 Å². The van der Waals surface area contributed by atoms with Gasteiger partial charge in [-0.2, -0.15) is 0 Å². The van der Waals surface area contributed by atoms with Gasteiger partial charge >= 0.3 is 0 Å². The van der Waals surface area contributed by atoms with Crippen LogP contribution in [0, 0.1) is 5.82 Å². The molecule has 0 saturated heterocycles. The summed E-state index contributed by atoms with van der Waals surface area (Å²) in [6.07, 6.45) is 2.77. The molecule has 0 saturated carbocycles. The van der Waals surface area contributed by atoms with E-state index < -0.39 is 32.4 Å². The van der Waals surface area contributed by atoms with E-state index in [0.29, 0.717) is 17.8 Å². The van der Waals surface area contributed by atoms with Crippen molar-refractivity contribution in [2.75, 3.05) is 6.66 Å². The third-order valence-electron chi connectivity index (χ3n) is 3.55. The van der Waals surface area contributed by atoms with Crippen LogP contribution < -0.4 is 9.46 Å². The minimum absolute atomic E-state index is 0.420. The van der Waals surface area contributed by atoms with Crippen molar-refractivity contribution in [3.63, 3.8) is 0 Å². The largest absolute Gasteiger partial charge is 0.776 e. The predicted octanol–water partition coefficient (Wildman–Crippen LogP) is 0.872. The third-order valence-corrected chi connectivity index (χ3v) is 7.94. The van der Waals surface area contributed by atoms with E-state index >= 15 is 0 Å². The topological polar surface area (TPSA) is 122 Å². The number of hydrogen-bond donors (Lipinski definition) is 3. The van der Waals surface area contributed by atoms with E-state index in [9.17, 15) is 33.3 Å². The Balaban J connectivity index is 2.43. The standard InChI is InChI=1S/C14H16FNO6P2/c1-23(18,19)14(17,24(20,21)22)10-16-8-2-3-12(9-16)11-4-6-13(15)7-5-11/h2-9,17H,10H2,1H3,(H2-,18,19,20,21,22). The van der Waals surface area contributed by atoms with Gasteiger partial charge in [-0.15, -0.1) is 0 Å². The lowest BCUT2D eigenvalue weighted by molar-refractivity contribution is -0.703. The highest BCUT2D eigenvalue weighted by atomic mass is 31.2. The summed E-state index contributed by atoms with van der Waals surface area (Å²) in [5.74, 6) is -0.420. The maximum Gasteiger partial charge on any atom is 0.263 e. The molecule has 0 radical (unpaired) electrons. The number of halogens is 1. The van der Waals surface area contributed by atoms with Crippen LogP contribution in [0.5, 0.6) is 0 Å². The lowest BCUT2D eigenvalue weighted by atomic mass is 10.1. The van der Waals surface area contributed by atoms with E-state index in [1.165, 1.54) is 42.7 Å². The van der Waals surface area contributed by atoms with Crippen molar-refractivity contribution in [1.82, 2.24) is 0 Å². The second kappa shape index (κ2) is 6.48. The van der Waals surface area contributed by atoms with Crippen molar-refractivity contribution in [2.24, 2.45) is 0 Å². The van der Waals surface area contributed by atoms with Crippen LogP contribution in [0.4, 0.5) is 4.39 Å². The summed E-state index contributed by atoms with van der Waals surface area (Å²) in [6, 6.07) is 8.67. The quantitative estimate of drug-likeness (QED) is 0.527. The molecule has 0 aliphatic rings. The van der Waals surface area contributed by atoms with Crippen LogP contribution in [-0.4, -0.2) is 26.6 Å². The molecular formula is C14H16FNO6P2.